The zero-order chi connectivity index (χ0) is 19.8. The number of nitrogens with one attached hydrogen (secondary N) is 1. The summed E-state index contributed by atoms with van der Waals surface area (Å²) in [6, 6.07) is 15.5. The molecule has 0 spiro atoms. The summed E-state index contributed by atoms with van der Waals surface area (Å²) in [6.45, 7) is 0.219. The number of hydrogen-bond donors (Lipinski definition) is 2. The van der Waals surface area contributed by atoms with E-state index in [-0.39, 0.29) is 6.54 Å². The summed E-state index contributed by atoms with van der Waals surface area (Å²) in [5.74, 6) is 6.11. The van der Waals surface area contributed by atoms with Gasteiger partial charge in [-0.2, -0.15) is 0 Å². The van der Waals surface area contributed by atoms with E-state index in [1.165, 1.54) is 10.7 Å². The van der Waals surface area contributed by atoms with Crippen LogP contribution in [-0.2, 0) is 6.54 Å². The van der Waals surface area contributed by atoms with Crippen LogP contribution >= 0.6 is 34.8 Å². The first-order chi connectivity index (χ1) is 13.4. The number of para-hydroxylation sites is 2. The Morgan fingerprint density at radius 3 is 2.57 bits per heavy atom. The lowest BCUT2D eigenvalue weighted by Gasteiger charge is -2.11. The summed E-state index contributed by atoms with van der Waals surface area (Å²) in [4.78, 5) is 4.41. The fraction of sp³-hybridized carbons (Fsp3) is 0.0500. The number of nitrogens with two attached hydrogens (primary N) is 1. The first kappa shape index (κ1) is 18.9. The largest absolute Gasteiger partial charge is 0.350 e. The fourth-order valence-corrected chi connectivity index (χ4v) is 3.68. The summed E-state index contributed by atoms with van der Waals surface area (Å²) in [5.41, 5.74) is 3.16. The highest BCUT2D eigenvalue weighted by molar-refractivity contribution is 6.45. The second kappa shape index (κ2) is 7.51. The molecule has 28 heavy (non-hydrogen) atoms. The summed E-state index contributed by atoms with van der Waals surface area (Å²) in [6.07, 6.45) is 0. The summed E-state index contributed by atoms with van der Waals surface area (Å²) in [7, 11) is 0. The lowest BCUT2D eigenvalue weighted by molar-refractivity contribution is 0.613. The van der Waals surface area contributed by atoms with Gasteiger partial charge < -0.3 is 11.2 Å². The highest BCUT2D eigenvalue weighted by Gasteiger charge is 2.13. The van der Waals surface area contributed by atoms with Crippen molar-refractivity contribution in [2.45, 2.75) is 6.54 Å². The van der Waals surface area contributed by atoms with Crippen molar-refractivity contribution < 1.29 is 4.39 Å². The number of hydrogen-bond acceptors (Lipinski definition) is 3. The third-order valence-corrected chi connectivity index (χ3v) is 5.41. The molecule has 0 fully saturated rings. The predicted octanol–water partition coefficient (Wildman–Crippen LogP) is 6.13. The molecule has 1 heterocycles. The zero-order valence-electron chi connectivity index (χ0n) is 14.4. The standard InChI is InChI=1S/C20H14Cl3FN4/c21-13-8-14(19(23)15(22)9-13)11-5-6-12(16(24)7-11)10-26-20-27-17-3-1-2-4-18(17)28(20)25/h1-9H,10,25H2,(H,26,27). The summed E-state index contributed by atoms with van der Waals surface area (Å²) in [5, 5.41) is 4.14. The Labute approximate surface area is 175 Å². The number of benzene rings is 3. The molecule has 4 nitrogen and oxygen atoms in total. The molecule has 142 valence electrons. The Hall–Kier alpha value is -2.47. The fourth-order valence-electron chi connectivity index (χ4n) is 2.97. The quantitative estimate of drug-likeness (QED) is 0.299. The highest BCUT2D eigenvalue weighted by Crippen LogP contribution is 2.37. The molecule has 3 N–H and O–H groups in total. The van der Waals surface area contributed by atoms with Crippen molar-refractivity contribution >= 4 is 51.8 Å². The van der Waals surface area contributed by atoms with Crippen molar-refractivity contribution in [1.82, 2.24) is 9.66 Å². The van der Waals surface area contributed by atoms with E-state index in [9.17, 15) is 4.39 Å². The molecular formula is C20H14Cl3FN4. The van der Waals surface area contributed by atoms with Crippen LogP contribution in [0.15, 0.2) is 54.6 Å². The first-order valence-electron chi connectivity index (χ1n) is 8.34. The number of aromatic nitrogens is 2. The molecule has 0 saturated heterocycles. The lowest BCUT2D eigenvalue weighted by Crippen LogP contribution is -2.14. The van der Waals surface area contributed by atoms with Gasteiger partial charge in [0, 0.05) is 22.7 Å². The van der Waals surface area contributed by atoms with Gasteiger partial charge in [-0.25, -0.2) is 14.1 Å². The van der Waals surface area contributed by atoms with Gasteiger partial charge in [-0.15, -0.1) is 0 Å². The Bertz CT molecular complexity index is 1190. The SMILES string of the molecule is Nn1c(NCc2ccc(-c3cc(Cl)cc(Cl)c3Cl)cc2F)nc2ccccc21. The van der Waals surface area contributed by atoms with Crippen LogP contribution in [0.5, 0.6) is 0 Å². The number of halogens is 4. The smallest absolute Gasteiger partial charge is 0.223 e. The monoisotopic (exact) mass is 434 g/mol. The van der Waals surface area contributed by atoms with Gasteiger partial charge >= 0.3 is 0 Å². The Balaban J connectivity index is 1.59. The van der Waals surface area contributed by atoms with E-state index >= 15 is 0 Å². The van der Waals surface area contributed by atoms with E-state index < -0.39 is 5.82 Å². The maximum Gasteiger partial charge on any atom is 0.223 e. The van der Waals surface area contributed by atoms with Gasteiger partial charge in [-0.3, -0.25) is 0 Å². The zero-order valence-corrected chi connectivity index (χ0v) is 16.7. The third-order valence-electron chi connectivity index (χ3n) is 4.39. The van der Waals surface area contributed by atoms with Crippen molar-refractivity contribution in [1.29, 1.82) is 0 Å². The van der Waals surface area contributed by atoms with E-state index in [2.05, 4.69) is 10.3 Å². The second-order valence-electron chi connectivity index (χ2n) is 6.20. The van der Waals surface area contributed by atoms with Crippen LogP contribution in [0.25, 0.3) is 22.2 Å². The van der Waals surface area contributed by atoms with E-state index in [4.69, 9.17) is 40.6 Å². The van der Waals surface area contributed by atoms with E-state index in [0.717, 1.165) is 11.0 Å². The van der Waals surface area contributed by atoms with Crippen molar-refractivity contribution in [3.8, 4) is 11.1 Å². The molecule has 0 aliphatic rings. The van der Waals surface area contributed by atoms with Gasteiger partial charge in [0.15, 0.2) is 0 Å². The molecule has 0 aliphatic heterocycles. The van der Waals surface area contributed by atoms with Crippen molar-refractivity contribution in [3.63, 3.8) is 0 Å². The molecule has 4 rings (SSSR count). The van der Waals surface area contributed by atoms with Crippen LogP contribution in [0.2, 0.25) is 15.1 Å². The van der Waals surface area contributed by atoms with E-state index in [1.54, 1.807) is 24.3 Å². The number of imidazole rings is 1. The summed E-state index contributed by atoms with van der Waals surface area (Å²) >= 11 is 18.3. The lowest BCUT2D eigenvalue weighted by atomic mass is 10.0. The van der Waals surface area contributed by atoms with Crippen LogP contribution in [0.4, 0.5) is 10.3 Å². The number of nitrogen functional groups attached to an aromatic ring is 1. The van der Waals surface area contributed by atoms with Gasteiger partial charge in [0.1, 0.15) is 5.82 Å². The Kier molecular flexibility index (Phi) is 5.06. The second-order valence-corrected chi connectivity index (χ2v) is 7.42. The molecule has 3 aromatic carbocycles. The van der Waals surface area contributed by atoms with Gasteiger partial charge in [-0.1, -0.05) is 59.1 Å². The molecule has 4 aromatic rings. The minimum Gasteiger partial charge on any atom is -0.350 e. The molecule has 8 heteroatoms. The van der Waals surface area contributed by atoms with Crippen LogP contribution in [0.3, 0.4) is 0 Å². The minimum absolute atomic E-state index is 0.219. The third kappa shape index (κ3) is 3.49. The van der Waals surface area contributed by atoms with Gasteiger partial charge in [0.2, 0.25) is 5.95 Å². The number of fused-ring (bicyclic) bond motifs is 1. The Morgan fingerprint density at radius 2 is 1.82 bits per heavy atom. The molecule has 1 aromatic heterocycles. The minimum atomic E-state index is -0.392. The molecule has 0 atom stereocenters. The predicted molar refractivity (Wildman–Crippen MR) is 114 cm³/mol. The normalized spacial score (nSPS) is 11.1. The molecular weight excluding hydrogens is 422 g/mol. The molecule has 0 unspecified atom stereocenters. The van der Waals surface area contributed by atoms with Gasteiger partial charge in [-0.05, 0) is 35.9 Å². The molecule has 0 bridgehead atoms. The van der Waals surface area contributed by atoms with Crippen molar-refractivity contribution in [3.05, 3.63) is 81.0 Å². The average molecular weight is 436 g/mol. The van der Waals surface area contributed by atoms with Crippen molar-refractivity contribution in [2.24, 2.45) is 0 Å². The molecule has 0 aliphatic carbocycles. The van der Waals surface area contributed by atoms with E-state index in [0.29, 0.717) is 37.7 Å². The molecule has 0 saturated carbocycles. The maximum atomic E-state index is 14.7. The van der Waals surface area contributed by atoms with Crippen LogP contribution in [-0.4, -0.2) is 9.66 Å². The average Bonchev–Trinajstić information content (AvgIpc) is 3.00. The number of nitrogens with zero attached hydrogens (tertiary/aromatic N) is 2. The summed E-state index contributed by atoms with van der Waals surface area (Å²) < 4.78 is 16.1. The first-order valence-corrected chi connectivity index (χ1v) is 9.47. The topological polar surface area (TPSA) is 55.9 Å². The number of rotatable bonds is 4. The Morgan fingerprint density at radius 1 is 1.04 bits per heavy atom. The molecule has 0 amide bonds. The van der Waals surface area contributed by atoms with Crippen LogP contribution in [0.1, 0.15) is 5.56 Å². The van der Waals surface area contributed by atoms with Crippen molar-refractivity contribution in [2.75, 3.05) is 11.2 Å². The van der Waals surface area contributed by atoms with Gasteiger partial charge in [0.05, 0.1) is 21.1 Å². The molecule has 0 radical (unpaired) electrons. The van der Waals surface area contributed by atoms with E-state index in [1.807, 2.05) is 24.3 Å². The van der Waals surface area contributed by atoms with Crippen LogP contribution in [0, 0.1) is 5.82 Å². The maximum absolute atomic E-state index is 14.7. The van der Waals surface area contributed by atoms with Crippen LogP contribution < -0.4 is 11.2 Å². The van der Waals surface area contributed by atoms with Gasteiger partial charge in [0.25, 0.3) is 0 Å². The highest BCUT2D eigenvalue weighted by atomic mass is 35.5. The number of anilines is 1.